The number of carbonyl (C=O) groups is 1. The van der Waals surface area contributed by atoms with Gasteiger partial charge >= 0.3 is 0 Å². The number of anilines is 1. The predicted molar refractivity (Wildman–Crippen MR) is 85.3 cm³/mol. The van der Waals surface area contributed by atoms with Crippen molar-refractivity contribution < 1.29 is 4.79 Å². The van der Waals surface area contributed by atoms with E-state index in [1.54, 1.807) is 12.4 Å². The number of aromatic nitrogens is 2. The lowest BCUT2D eigenvalue weighted by atomic mass is 9.86. The Balaban J connectivity index is 1.98. The topological polar surface area (TPSA) is 72.1 Å². The molecule has 3 atom stereocenters. The Hall–Kier alpha value is -1.69. The lowest BCUT2D eigenvalue weighted by Crippen LogP contribution is -2.48. The SMILES string of the molecule is CC1CC(C)C(C)N(C(=O)c2sc3nccnc3c2N)C1. The first-order valence-corrected chi connectivity index (χ1v) is 8.10. The van der Waals surface area contributed by atoms with Gasteiger partial charge in [-0.05, 0) is 25.2 Å². The zero-order valence-electron chi connectivity index (χ0n) is 12.5. The quantitative estimate of drug-likeness (QED) is 0.879. The molecule has 2 aromatic heterocycles. The highest BCUT2D eigenvalue weighted by molar-refractivity contribution is 7.21. The molecule has 5 nitrogen and oxygen atoms in total. The molecule has 0 saturated carbocycles. The largest absolute Gasteiger partial charge is 0.396 e. The Morgan fingerprint density at radius 1 is 1.33 bits per heavy atom. The van der Waals surface area contributed by atoms with Gasteiger partial charge in [0.15, 0.2) is 0 Å². The standard InChI is InChI=1S/C15H20N4OS/c1-8-6-9(2)10(3)19(7-8)15(20)13-11(16)12-14(21-13)18-5-4-17-12/h4-5,8-10H,6-7,16H2,1-3H3. The zero-order valence-corrected chi connectivity index (χ0v) is 13.4. The number of nitrogen functional groups attached to an aromatic ring is 1. The Morgan fingerprint density at radius 3 is 2.76 bits per heavy atom. The van der Waals surface area contributed by atoms with Crippen LogP contribution in [0.1, 0.15) is 36.9 Å². The van der Waals surface area contributed by atoms with E-state index >= 15 is 0 Å². The molecule has 1 amide bonds. The third-order valence-electron chi connectivity index (χ3n) is 4.42. The molecule has 0 radical (unpaired) electrons. The van der Waals surface area contributed by atoms with E-state index < -0.39 is 0 Å². The Morgan fingerprint density at radius 2 is 2.05 bits per heavy atom. The molecule has 1 aliphatic heterocycles. The third-order valence-corrected chi connectivity index (χ3v) is 5.51. The molecule has 0 bridgehead atoms. The average Bonchev–Trinajstić information content (AvgIpc) is 2.80. The van der Waals surface area contributed by atoms with Crippen molar-refractivity contribution in [1.29, 1.82) is 0 Å². The summed E-state index contributed by atoms with van der Waals surface area (Å²) in [6.45, 7) is 7.31. The third kappa shape index (κ3) is 2.37. The number of hydrogen-bond acceptors (Lipinski definition) is 5. The second-order valence-electron chi connectivity index (χ2n) is 6.07. The highest BCUT2D eigenvalue weighted by atomic mass is 32.1. The maximum atomic E-state index is 12.9. The Kier molecular flexibility index (Phi) is 3.57. The van der Waals surface area contributed by atoms with Crippen LogP contribution in [0.3, 0.4) is 0 Å². The van der Waals surface area contributed by atoms with Crippen LogP contribution in [-0.2, 0) is 0 Å². The van der Waals surface area contributed by atoms with Gasteiger partial charge in [-0.15, -0.1) is 11.3 Å². The van der Waals surface area contributed by atoms with Gasteiger partial charge in [-0.3, -0.25) is 4.79 Å². The van der Waals surface area contributed by atoms with Crippen molar-refractivity contribution in [3.63, 3.8) is 0 Å². The number of likely N-dealkylation sites (tertiary alicyclic amines) is 1. The van der Waals surface area contributed by atoms with Crippen LogP contribution in [0, 0.1) is 11.8 Å². The first-order chi connectivity index (χ1) is 9.99. The molecule has 3 unspecified atom stereocenters. The number of nitrogens with two attached hydrogens (primary N) is 1. The summed E-state index contributed by atoms with van der Waals surface area (Å²) >= 11 is 1.34. The number of amides is 1. The molecule has 2 aromatic rings. The van der Waals surface area contributed by atoms with Crippen LogP contribution in [0.4, 0.5) is 5.69 Å². The molecule has 112 valence electrons. The molecule has 2 N–H and O–H groups in total. The van der Waals surface area contributed by atoms with Crippen molar-refractivity contribution in [1.82, 2.24) is 14.9 Å². The highest BCUT2D eigenvalue weighted by Crippen LogP contribution is 2.34. The number of fused-ring (bicyclic) bond motifs is 1. The van der Waals surface area contributed by atoms with Crippen LogP contribution < -0.4 is 5.73 Å². The smallest absolute Gasteiger partial charge is 0.266 e. The van der Waals surface area contributed by atoms with E-state index in [1.165, 1.54) is 11.3 Å². The fraction of sp³-hybridized carbons (Fsp3) is 0.533. The van der Waals surface area contributed by atoms with Gasteiger partial charge in [-0.1, -0.05) is 13.8 Å². The molecule has 21 heavy (non-hydrogen) atoms. The van der Waals surface area contributed by atoms with E-state index in [-0.39, 0.29) is 11.9 Å². The zero-order chi connectivity index (χ0) is 15.1. The fourth-order valence-electron chi connectivity index (χ4n) is 3.12. The van der Waals surface area contributed by atoms with Crippen LogP contribution in [0.25, 0.3) is 10.3 Å². The van der Waals surface area contributed by atoms with Crippen LogP contribution in [0.5, 0.6) is 0 Å². The molecule has 3 rings (SSSR count). The number of thiophene rings is 1. The van der Waals surface area contributed by atoms with Gasteiger partial charge in [0.2, 0.25) is 0 Å². The maximum Gasteiger partial charge on any atom is 0.266 e. The summed E-state index contributed by atoms with van der Waals surface area (Å²) in [6, 6.07) is 0.235. The molecule has 1 fully saturated rings. The van der Waals surface area contributed by atoms with Crippen molar-refractivity contribution in [3.8, 4) is 0 Å². The predicted octanol–water partition coefficient (Wildman–Crippen LogP) is 2.78. The van der Waals surface area contributed by atoms with Gasteiger partial charge in [-0.2, -0.15) is 0 Å². The fourth-order valence-corrected chi connectivity index (χ4v) is 4.09. The van der Waals surface area contributed by atoms with E-state index in [0.717, 1.165) is 17.8 Å². The van der Waals surface area contributed by atoms with E-state index in [2.05, 4.69) is 30.7 Å². The molecular formula is C15H20N4OS. The van der Waals surface area contributed by atoms with Crippen LogP contribution >= 0.6 is 11.3 Å². The second kappa shape index (κ2) is 5.26. The number of piperidine rings is 1. The molecule has 1 aliphatic rings. The first-order valence-electron chi connectivity index (χ1n) is 7.29. The first kappa shape index (κ1) is 14.3. The molecule has 0 aromatic carbocycles. The normalized spacial score (nSPS) is 26.2. The van der Waals surface area contributed by atoms with Gasteiger partial charge in [0.25, 0.3) is 5.91 Å². The molecule has 0 aliphatic carbocycles. The van der Waals surface area contributed by atoms with Gasteiger partial charge < -0.3 is 10.6 Å². The van der Waals surface area contributed by atoms with Crippen molar-refractivity contribution in [3.05, 3.63) is 17.3 Å². The molecular weight excluding hydrogens is 284 g/mol. The van der Waals surface area contributed by atoms with Gasteiger partial charge in [0.1, 0.15) is 15.2 Å². The van der Waals surface area contributed by atoms with Crippen molar-refractivity contribution in [2.45, 2.75) is 33.2 Å². The van der Waals surface area contributed by atoms with E-state index in [4.69, 9.17) is 5.73 Å². The summed E-state index contributed by atoms with van der Waals surface area (Å²) in [4.78, 5) is 24.6. The summed E-state index contributed by atoms with van der Waals surface area (Å²) in [5.41, 5.74) is 7.22. The summed E-state index contributed by atoms with van der Waals surface area (Å²) in [5.74, 6) is 1.04. The summed E-state index contributed by atoms with van der Waals surface area (Å²) < 4.78 is 0. The van der Waals surface area contributed by atoms with E-state index in [9.17, 15) is 4.79 Å². The summed E-state index contributed by atoms with van der Waals surface area (Å²) in [5, 5.41) is 0. The number of hydrogen-bond donors (Lipinski definition) is 1. The van der Waals surface area contributed by atoms with Crippen LogP contribution in [0.15, 0.2) is 12.4 Å². The lowest BCUT2D eigenvalue weighted by Gasteiger charge is -2.41. The lowest BCUT2D eigenvalue weighted by molar-refractivity contribution is 0.0461. The maximum absolute atomic E-state index is 12.9. The van der Waals surface area contributed by atoms with Gasteiger partial charge in [0, 0.05) is 25.0 Å². The second-order valence-corrected chi connectivity index (χ2v) is 7.07. The van der Waals surface area contributed by atoms with Crippen LogP contribution in [-0.4, -0.2) is 33.4 Å². The number of carbonyl (C=O) groups excluding carboxylic acids is 1. The van der Waals surface area contributed by atoms with Crippen molar-refractivity contribution in [2.75, 3.05) is 12.3 Å². The van der Waals surface area contributed by atoms with Crippen molar-refractivity contribution in [2.24, 2.45) is 11.8 Å². The highest BCUT2D eigenvalue weighted by Gasteiger charge is 2.34. The molecule has 3 heterocycles. The van der Waals surface area contributed by atoms with Gasteiger partial charge in [0.05, 0.1) is 5.69 Å². The Labute approximate surface area is 128 Å². The van der Waals surface area contributed by atoms with Crippen LogP contribution in [0.2, 0.25) is 0 Å². The minimum atomic E-state index is 0.0169. The molecule has 6 heteroatoms. The summed E-state index contributed by atoms with van der Waals surface area (Å²) in [7, 11) is 0. The average molecular weight is 304 g/mol. The van der Waals surface area contributed by atoms with Crippen molar-refractivity contribution >= 4 is 33.3 Å². The summed E-state index contributed by atoms with van der Waals surface area (Å²) in [6.07, 6.45) is 4.39. The number of nitrogens with zero attached hydrogens (tertiary/aromatic N) is 3. The number of rotatable bonds is 1. The van der Waals surface area contributed by atoms with Gasteiger partial charge in [-0.25, -0.2) is 9.97 Å². The van der Waals surface area contributed by atoms with E-state index in [1.807, 2.05) is 4.90 Å². The molecule has 1 saturated heterocycles. The molecule has 0 spiro atoms. The Bertz CT molecular complexity index is 683. The minimum Gasteiger partial charge on any atom is -0.396 e. The minimum absolute atomic E-state index is 0.0169. The van der Waals surface area contributed by atoms with E-state index in [0.29, 0.717) is 27.9 Å². The monoisotopic (exact) mass is 304 g/mol.